The van der Waals surface area contributed by atoms with Gasteiger partial charge in [0.1, 0.15) is 0 Å². The van der Waals surface area contributed by atoms with Crippen molar-refractivity contribution in [2.24, 2.45) is 0 Å². The molecule has 100 valence electrons. The van der Waals surface area contributed by atoms with E-state index in [1.54, 1.807) is 0 Å². The topological polar surface area (TPSA) is 3.24 Å². The van der Waals surface area contributed by atoms with Crippen molar-refractivity contribution < 1.29 is 0 Å². The van der Waals surface area contributed by atoms with Crippen LogP contribution in [0.5, 0.6) is 0 Å². The van der Waals surface area contributed by atoms with Crippen molar-refractivity contribution in [3.05, 3.63) is 63.7 Å². The van der Waals surface area contributed by atoms with Crippen LogP contribution in [0, 0.1) is 0 Å². The first-order valence-corrected chi connectivity index (χ1v) is 7.91. The fourth-order valence-corrected chi connectivity index (χ4v) is 3.50. The molecule has 1 unspecified atom stereocenters. The molecule has 1 aliphatic heterocycles. The Hall–Kier alpha value is -0.800. The summed E-state index contributed by atoms with van der Waals surface area (Å²) in [4.78, 5) is 2.36. The molecular weight excluding hydrogens is 366 g/mol. The maximum Gasteiger partial charge on any atom is 0.0588 e. The molecule has 0 aromatic heterocycles. The predicted octanol–water partition coefficient (Wildman–Crippen LogP) is 5.69. The summed E-state index contributed by atoms with van der Waals surface area (Å²) in [7, 11) is 0. The molecular formula is C16H17Br2N. The second-order valence-corrected chi connectivity index (χ2v) is 6.24. The predicted molar refractivity (Wildman–Crippen MR) is 90.0 cm³/mol. The number of benzene rings is 1. The third-order valence-corrected chi connectivity index (χ3v) is 4.71. The van der Waals surface area contributed by atoms with Crippen LogP contribution in [-0.2, 0) is 0 Å². The van der Waals surface area contributed by atoms with Crippen LogP contribution in [0.3, 0.4) is 0 Å². The van der Waals surface area contributed by atoms with Crippen molar-refractivity contribution in [1.82, 2.24) is 4.90 Å². The molecule has 3 heteroatoms. The van der Waals surface area contributed by atoms with Gasteiger partial charge in [-0.3, -0.25) is 0 Å². The van der Waals surface area contributed by atoms with E-state index in [0.717, 1.165) is 28.3 Å². The number of rotatable bonds is 5. The number of halogens is 2. The Labute approximate surface area is 132 Å². The molecule has 19 heavy (non-hydrogen) atoms. The molecule has 1 heterocycles. The molecule has 0 saturated heterocycles. The van der Waals surface area contributed by atoms with Crippen LogP contribution in [0.25, 0.3) is 6.08 Å². The summed E-state index contributed by atoms with van der Waals surface area (Å²) in [5.74, 6) is 0. The summed E-state index contributed by atoms with van der Waals surface area (Å²) in [5.41, 5.74) is 2.59. The second-order valence-electron chi connectivity index (χ2n) is 4.53. The summed E-state index contributed by atoms with van der Waals surface area (Å²) in [6.07, 6.45) is 10.2. The minimum Gasteiger partial charge on any atom is -0.370 e. The largest absolute Gasteiger partial charge is 0.370 e. The van der Waals surface area contributed by atoms with E-state index in [1.165, 1.54) is 11.1 Å². The van der Waals surface area contributed by atoms with E-state index < -0.39 is 0 Å². The first-order valence-electron chi connectivity index (χ1n) is 6.32. The van der Waals surface area contributed by atoms with E-state index in [4.69, 9.17) is 0 Å². The zero-order valence-electron chi connectivity index (χ0n) is 10.8. The fourth-order valence-electron chi connectivity index (χ4n) is 2.41. The molecule has 0 amide bonds. The third kappa shape index (κ3) is 3.03. The first-order chi connectivity index (χ1) is 9.19. The van der Waals surface area contributed by atoms with Gasteiger partial charge in [-0.2, -0.15) is 0 Å². The van der Waals surface area contributed by atoms with Gasteiger partial charge >= 0.3 is 0 Å². The molecule has 0 aliphatic carbocycles. The van der Waals surface area contributed by atoms with Crippen LogP contribution in [0.4, 0.5) is 0 Å². The normalized spacial score (nSPS) is 17.2. The highest BCUT2D eigenvalue weighted by atomic mass is 79.9. The Bertz CT molecular complexity index is 520. The van der Waals surface area contributed by atoms with E-state index in [0.29, 0.717) is 6.04 Å². The molecule has 1 aromatic carbocycles. The zero-order chi connectivity index (χ0) is 13.8. The minimum atomic E-state index is 0.337. The minimum absolute atomic E-state index is 0.337. The van der Waals surface area contributed by atoms with Gasteiger partial charge in [0.05, 0.1) is 6.04 Å². The maximum atomic E-state index is 3.90. The van der Waals surface area contributed by atoms with E-state index in [1.807, 2.05) is 12.2 Å². The summed E-state index contributed by atoms with van der Waals surface area (Å²) in [5, 5.41) is 0. The Kier molecular flexibility index (Phi) is 5.06. The summed E-state index contributed by atoms with van der Waals surface area (Å²) in [6.45, 7) is 8.68. The molecule has 1 aromatic rings. The van der Waals surface area contributed by atoms with Gasteiger partial charge < -0.3 is 4.90 Å². The lowest BCUT2D eigenvalue weighted by molar-refractivity contribution is 0.282. The van der Waals surface area contributed by atoms with Gasteiger partial charge in [-0.1, -0.05) is 44.0 Å². The third-order valence-electron chi connectivity index (χ3n) is 3.33. The highest BCUT2D eigenvalue weighted by molar-refractivity contribution is 9.11. The monoisotopic (exact) mass is 381 g/mol. The molecule has 0 spiro atoms. The van der Waals surface area contributed by atoms with Gasteiger partial charge in [0.25, 0.3) is 0 Å². The molecule has 0 N–H and O–H groups in total. The summed E-state index contributed by atoms with van der Waals surface area (Å²) in [6, 6.07) is 4.52. The lowest BCUT2D eigenvalue weighted by Gasteiger charge is -2.35. The van der Waals surface area contributed by atoms with Crippen LogP contribution >= 0.6 is 31.9 Å². The molecule has 1 atom stereocenters. The van der Waals surface area contributed by atoms with Gasteiger partial charge in [0, 0.05) is 21.7 Å². The van der Waals surface area contributed by atoms with Gasteiger partial charge in [0.15, 0.2) is 0 Å². The highest BCUT2D eigenvalue weighted by Crippen LogP contribution is 2.40. The van der Waals surface area contributed by atoms with E-state index in [2.05, 4.69) is 74.3 Å². The quantitative estimate of drug-likeness (QED) is 0.591. The van der Waals surface area contributed by atoms with E-state index in [-0.39, 0.29) is 0 Å². The van der Waals surface area contributed by atoms with Crippen molar-refractivity contribution in [2.75, 3.05) is 6.54 Å². The molecule has 0 fully saturated rings. The maximum absolute atomic E-state index is 3.90. The molecule has 0 radical (unpaired) electrons. The molecule has 1 nitrogen and oxygen atoms in total. The average molecular weight is 383 g/mol. The Morgan fingerprint density at radius 1 is 1.16 bits per heavy atom. The average Bonchev–Trinajstić information content (AvgIpc) is 2.42. The molecule has 0 saturated carbocycles. The van der Waals surface area contributed by atoms with Crippen LogP contribution in [0.1, 0.15) is 30.0 Å². The second kappa shape index (κ2) is 6.58. The van der Waals surface area contributed by atoms with Gasteiger partial charge in [-0.15, -0.1) is 13.2 Å². The van der Waals surface area contributed by atoms with Crippen molar-refractivity contribution in [3.63, 3.8) is 0 Å². The van der Waals surface area contributed by atoms with Crippen molar-refractivity contribution in [1.29, 1.82) is 0 Å². The number of fused-ring (bicyclic) bond motifs is 1. The zero-order valence-corrected chi connectivity index (χ0v) is 14.0. The Balaban J connectivity index is 2.44. The van der Waals surface area contributed by atoms with Crippen molar-refractivity contribution in [3.8, 4) is 0 Å². The van der Waals surface area contributed by atoms with E-state index in [9.17, 15) is 0 Å². The van der Waals surface area contributed by atoms with Gasteiger partial charge in [-0.05, 0) is 42.2 Å². The van der Waals surface area contributed by atoms with Crippen LogP contribution in [0.2, 0.25) is 0 Å². The Morgan fingerprint density at radius 3 is 2.58 bits per heavy atom. The Morgan fingerprint density at radius 2 is 1.89 bits per heavy atom. The first kappa shape index (κ1) is 14.6. The summed E-state index contributed by atoms with van der Waals surface area (Å²) >= 11 is 7.32. The summed E-state index contributed by atoms with van der Waals surface area (Å²) < 4.78 is 2.30. The molecule has 0 bridgehead atoms. The van der Waals surface area contributed by atoms with Crippen LogP contribution < -0.4 is 0 Å². The van der Waals surface area contributed by atoms with Crippen molar-refractivity contribution >= 4 is 37.9 Å². The van der Waals surface area contributed by atoms with Gasteiger partial charge in [0.2, 0.25) is 0 Å². The van der Waals surface area contributed by atoms with E-state index >= 15 is 0 Å². The molecule has 2 rings (SSSR count). The number of hydrogen-bond acceptors (Lipinski definition) is 1. The lowest BCUT2D eigenvalue weighted by Crippen LogP contribution is -2.27. The van der Waals surface area contributed by atoms with Crippen molar-refractivity contribution in [2.45, 2.75) is 18.9 Å². The van der Waals surface area contributed by atoms with Crippen LogP contribution in [0.15, 0.2) is 52.6 Å². The smallest absolute Gasteiger partial charge is 0.0588 e. The number of hydrogen-bond donors (Lipinski definition) is 0. The fraction of sp³-hybridized carbons (Fsp3) is 0.250. The number of nitrogens with zero attached hydrogens (tertiary/aromatic N) is 1. The highest BCUT2D eigenvalue weighted by Gasteiger charge is 2.25. The van der Waals surface area contributed by atoms with Crippen LogP contribution in [-0.4, -0.2) is 11.4 Å². The molecule has 1 aliphatic rings. The van der Waals surface area contributed by atoms with Gasteiger partial charge in [-0.25, -0.2) is 0 Å². The SMILES string of the molecule is C=CCCN1C=Cc2c(Br)ccc(Br)c2C1CC=C. The lowest BCUT2D eigenvalue weighted by atomic mass is 9.93. The standard InChI is InChI=1S/C16H17Br2N/c1-3-5-10-19-11-9-12-13(17)7-8-14(18)16(12)15(19)6-4-2/h3-4,7-9,11,15H,1-2,5-6,10H2.